The molecule has 0 fully saturated rings. The van der Waals surface area contributed by atoms with Crippen molar-refractivity contribution in [2.75, 3.05) is 0 Å². The standard InChI is InChI=1S/C20H30O2/c1-4-6-7-8-9-10-11-20(22)19(5-2)18-14-12-17(13-15-18)16(3)21/h5,12-15,20,22H,4,6-11H2,1-3H3/b19-5+. The minimum absolute atomic E-state index is 0.0706. The molecule has 1 rings (SSSR count). The van der Waals surface area contributed by atoms with Crippen LogP contribution in [0.25, 0.3) is 5.57 Å². The van der Waals surface area contributed by atoms with Gasteiger partial charge in [0.05, 0.1) is 6.10 Å². The first-order chi connectivity index (χ1) is 10.6. The highest BCUT2D eigenvalue weighted by atomic mass is 16.3. The molecule has 0 saturated heterocycles. The molecule has 1 unspecified atom stereocenters. The Balaban J connectivity index is 2.50. The molecule has 2 heteroatoms. The van der Waals surface area contributed by atoms with Crippen molar-refractivity contribution in [2.45, 2.75) is 71.8 Å². The lowest BCUT2D eigenvalue weighted by atomic mass is 9.95. The number of aliphatic hydroxyl groups is 1. The van der Waals surface area contributed by atoms with E-state index in [0.717, 1.165) is 24.0 Å². The monoisotopic (exact) mass is 302 g/mol. The molecule has 0 amide bonds. The van der Waals surface area contributed by atoms with E-state index >= 15 is 0 Å². The number of benzene rings is 1. The lowest BCUT2D eigenvalue weighted by molar-refractivity contribution is 0.101. The summed E-state index contributed by atoms with van der Waals surface area (Å²) in [4.78, 5) is 11.3. The number of hydrogen-bond donors (Lipinski definition) is 1. The van der Waals surface area contributed by atoms with Gasteiger partial charge in [0.2, 0.25) is 0 Å². The van der Waals surface area contributed by atoms with Crippen LogP contribution >= 0.6 is 0 Å². The molecule has 0 aliphatic heterocycles. The van der Waals surface area contributed by atoms with E-state index in [9.17, 15) is 9.90 Å². The molecule has 1 aromatic carbocycles. The van der Waals surface area contributed by atoms with Gasteiger partial charge in [0.1, 0.15) is 0 Å². The van der Waals surface area contributed by atoms with Crippen molar-refractivity contribution in [3.63, 3.8) is 0 Å². The first kappa shape index (κ1) is 18.6. The number of hydrogen-bond acceptors (Lipinski definition) is 2. The zero-order chi connectivity index (χ0) is 16.4. The summed E-state index contributed by atoms with van der Waals surface area (Å²) in [6.45, 7) is 5.75. The van der Waals surface area contributed by atoms with Crippen LogP contribution < -0.4 is 0 Å². The van der Waals surface area contributed by atoms with Crippen molar-refractivity contribution < 1.29 is 9.90 Å². The Bertz CT molecular complexity index is 471. The van der Waals surface area contributed by atoms with E-state index in [1.807, 2.05) is 37.3 Å². The van der Waals surface area contributed by atoms with Gasteiger partial charge in [-0.1, -0.05) is 75.8 Å². The van der Waals surface area contributed by atoms with Gasteiger partial charge in [0.15, 0.2) is 5.78 Å². The van der Waals surface area contributed by atoms with E-state index in [1.54, 1.807) is 6.92 Å². The average Bonchev–Trinajstić information content (AvgIpc) is 2.52. The van der Waals surface area contributed by atoms with E-state index in [1.165, 1.54) is 32.1 Å². The number of carbonyl (C=O) groups is 1. The minimum Gasteiger partial charge on any atom is -0.388 e. The van der Waals surface area contributed by atoms with E-state index < -0.39 is 6.10 Å². The van der Waals surface area contributed by atoms with Crippen molar-refractivity contribution in [1.82, 2.24) is 0 Å². The van der Waals surface area contributed by atoms with Crippen molar-refractivity contribution >= 4 is 11.4 Å². The maximum Gasteiger partial charge on any atom is 0.159 e. The second-order valence-corrected chi connectivity index (χ2v) is 5.95. The molecular formula is C20H30O2. The third kappa shape index (κ3) is 6.15. The molecule has 0 radical (unpaired) electrons. The molecule has 122 valence electrons. The number of allylic oxidation sites excluding steroid dienone is 1. The van der Waals surface area contributed by atoms with E-state index in [2.05, 4.69) is 6.92 Å². The van der Waals surface area contributed by atoms with Crippen LogP contribution in [0.5, 0.6) is 0 Å². The van der Waals surface area contributed by atoms with Crippen LogP contribution in [0.2, 0.25) is 0 Å². The Morgan fingerprint density at radius 1 is 1.05 bits per heavy atom. The largest absolute Gasteiger partial charge is 0.388 e. The van der Waals surface area contributed by atoms with Crippen molar-refractivity contribution in [2.24, 2.45) is 0 Å². The molecule has 1 N–H and O–H groups in total. The molecule has 0 bridgehead atoms. The average molecular weight is 302 g/mol. The second kappa shape index (κ2) is 10.3. The fraction of sp³-hybridized carbons (Fsp3) is 0.550. The smallest absolute Gasteiger partial charge is 0.159 e. The first-order valence-electron chi connectivity index (χ1n) is 8.55. The Kier molecular flexibility index (Phi) is 8.76. The predicted octanol–water partition coefficient (Wildman–Crippen LogP) is 5.40. The normalized spacial score (nSPS) is 13.2. The first-order valence-corrected chi connectivity index (χ1v) is 8.55. The van der Waals surface area contributed by atoms with Gasteiger partial charge in [0.25, 0.3) is 0 Å². The summed E-state index contributed by atoms with van der Waals surface area (Å²) in [5, 5.41) is 10.4. The van der Waals surface area contributed by atoms with Crippen LogP contribution in [-0.4, -0.2) is 17.0 Å². The van der Waals surface area contributed by atoms with Crippen LogP contribution in [0.4, 0.5) is 0 Å². The Morgan fingerprint density at radius 2 is 1.59 bits per heavy atom. The van der Waals surface area contributed by atoms with Crippen molar-refractivity contribution in [1.29, 1.82) is 0 Å². The van der Waals surface area contributed by atoms with Crippen LogP contribution in [0.15, 0.2) is 30.3 Å². The van der Waals surface area contributed by atoms with Gasteiger partial charge in [-0.15, -0.1) is 0 Å². The summed E-state index contributed by atoms with van der Waals surface area (Å²) in [5.74, 6) is 0.0706. The van der Waals surface area contributed by atoms with Crippen LogP contribution in [0, 0.1) is 0 Å². The fourth-order valence-electron chi connectivity index (χ4n) is 2.72. The maximum atomic E-state index is 11.3. The maximum absolute atomic E-state index is 11.3. The number of Topliss-reactive ketones (excluding diaryl/α,β-unsaturated/α-hetero) is 1. The summed E-state index contributed by atoms with van der Waals surface area (Å²) in [6.07, 6.45) is 9.76. The highest BCUT2D eigenvalue weighted by molar-refractivity contribution is 5.94. The minimum atomic E-state index is -0.417. The highest BCUT2D eigenvalue weighted by Gasteiger charge is 2.12. The van der Waals surface area contributed by atoms with Crippen molar-refractivity contribution in [3.05, 3.63) is 41.5 Å². The predicted molar refractivity (Wildman–Crippen MR) is 94.1 cm³/mol. The molecule has 1 atom stereocenters. The summed E-state index contributed by atoms with van der Waals surface area (Å²) in [5.41, 5.74) is 2.68. The van der Waals surface area contributed by atoms with E-state index in [-0.39, 0.29) is 5.78 Å². The van der Waals surface area contributed by atoms with Crippen LogP contribution in [0.3, 0.4) is 0 Å². The molecule has 22 heavy (non-hydrogen) atoms. The fourth-order valence-corrected chi connectivity index (χ4v) is 2.72. The van der Waals surface area contributed by atoms with Gasteiger partial charge in [-0.3, -0.25) is 4.79 Å². The van der Waals surface area contributed by atoms with Crippen LogP contribution in [0.1, 0.15) is 81.6 Å². The molecular weight excluding hydrogens is 272 g/mol. The van der Waals surface area contributed by atoms with Crippen molar-refractivity contribution in [3.8, 4) is 0 Å². The second-order valence-electron chi connectivity index (χ2n) is 5.95. The Morgan fingerprint density at radius 3 is 2.14 bits per heavy atom. The summed E-state index contributed by atoms with van der Waals surface area (Å²) in [6, 6.07) is 7.52. The van der Waals surface area contributed by atoms with Gasteiger partial charge in [0, 0.05) is 5.56 Å². The zero-order valence-electron chi connectivity index (χ0n) is 14.3. The number of ketones is 1. The molecule has 0 aromatic heterocycles. The lowest BCUT2D eigenvalue weighted by Crippen LogP contribution is -2.09. The summed E-state index contributed by atoms with van der Waals surface area (Å²) < 4.78 is 0. The molecule has 0 aliphatic rings. The van der Waals surface area contributed by atoms with Gasteiger partial charge < -0.3 is 5.11 Å². The Labute approximate surface area is 135 Å². The van der Waals surface area contributed by atoms with E-state index in [0.29, 0.717) is 5.56 Å². The van der Waals surface area contributed by atoms with Crippen LogP contribution in [-0.2, 0) is 0 Å². The number of carbonyl (C=O) groups excluding carboxylic acids is 1. The molecule has 2 nitrogen and oxygen atoms in total. The third-order valence-electron chi connectivity index (χ3n) is 4.13. The quantitative estimate of drug-likeness (QED) is 0.464. The number of aliphatic hydroxyl groups excluding tert-OH is 1. The lowest BCUT2D eigenvalue weighted by Gasteiger charge is -2.15. The zero-order valence-corrected chi connectivity index (χ0v) is 14.3. The Hall–Kier alpha value is -1.41. The summed E-state index contributed by atoms with van der Waals surface area (Å²) >= 11 is 0. The molecule has 0 spiro atoms. The summed E-state index contributed by atoms with van der Waals surface area (Å²) in [7, 11) is 0. The molecule has 0 aliphatic carbocycles. The third-order valence-corrected chi connectivity index (χ3v) is 4.13. The number of rotatable bonds is 10. The van der Waals surface area contributed by atoms with Gasteiger partial charge in [-0.2, -0.15) is 0 Å². The van der Waals surface area contributed by atoms with Gasteiger partial charge in [-0.25, -0.2) is 0 Å². The molecule has 1 aromatic rings. The molecule has 0 saturated carbocycles. The molecule has 0 heterocycles. The van der Waals surface area contributed by atoms with E-state index in [4.69, 9.17) is 0 Å². The van der Waals surface area contributed by atoms with Gasteiger partial charge in [-0.05, 0) is 31.4 Å². The SMILES string of the molecule is C/C=C(\c1ccc(C(C)=O)cc1)C(O)CCCCCCCC. The highest BCUT2D eigenvalue weighted by Crippen LogP contribution is 2.23. The number of unbranched alkanes of at least 4 members (excludes halogenated alkanes) is 5. The topological polar surface area (TPSA) is 37.3 Å². The van der Waals surface area contributed by atoms with Gasteiger partial charge >= 0.3 is 0 Å².